The van der Waals surface area contributed by atoms with Crippen LogP contribution in [-0.4, -0.2) is 62.0 Å². The first kappa shape index (κ1) is 16.0. The van der Waals surface area contributed by atoms with Crippen LogP contribution in [0.4, 0.5) is 0 Å². The Kier molecular flexibility index (Phi) is 5.76. The summed E-state index contributed by atoms with van der Waals surface area (Å²) < 4.78 is 5.56. The smallest absolute Gasteiger partial charge is 0.180 e. The number of para-hydroxylation sites is 1. The summed E-state index contributed by atoms with van der Waals surface area (Å²) in [5.74, 6) is 0.852. The SMILES string of the molecule is CCOc1ccccc1C(=O)CN1CCCC(N(C)C)C1. The molecular weight excluding hydrogens is 264 g/mol. The van der Waals surface area contributed by atoms with Crippen LogP contribution in [0.3, 0.4) is 0 Å². The first-order chi connectivity index (χ1) is 10.1. The third-order valence-electron chi connectivity index (χ3n) is 4.07. The number of carbonyl (C=O) groups is 1. The van der Waals surface area contributed by atoms with Gasteiger partial charge in [0.15, 0.2) is 5.78 Å². The van der Waals surface area contributed by atoms with E-state index in [4.69, 9.17) is 4.74 Å². The lowest BCUT2D eigenvalue weighted by atomic mass is 10.0. The van der Waals surface area contributed by atoms with Gasteiger partial charge in [0.25, 0.3) is 0 Å². The Morgan fingerprint density at radius 3 is 2.86 bits per heavy atom. The van der Waals surface area contributed by atoms with E-state index < -0.39 is 0 Å². The molecule has 0 spiro atoms. The fourth-order valence-corrected chi connectivity index (χ4v) is 2.86. The van der Waals surface area contributed by atoms with Crippen molar-refractivity contribution in [3.8, 4) is 5.75 Å². The minimum absolute atomic E-state index is 0.151. The number of piperidine rings is 1. The van der Waals surface area contributed by atoms with E-state index in [-0.39, 0.29) is 5.78 Å². The van der Waals surface area contributed by atoms with Crippen molar-refractivity contribution in [1.82, 2.24) is 9.80 Å². The zero-order chi connectivity index (χ0) is 15.2. The summed E-state index contributed by atoms with van der Waals surface area (Å²) in [4.78, 5) is 17.1. The summed E-state index contributed by atoms with van der Waals surface area (Å²) in [7, 11) is 4.22. The number of rotatable bonds is 6. The second-order valence-corrected chi connectivity index (χ2v) is 5.85. The maximum Gasteiger partial charge on any atom is 0.180 e. The standard InChI is InChI=1S/C17H26N2O2/c1-4-21-17-10-6-5-9-15(17)16(20)13-19-11-7-8-14(12-19)18(2)3/h5-6,9-10,14H,4,7-8,11-13H2,1-3H3. The van der Waals surface area contributed by atoms with Crippen LogP contribution in [0.2, 0.25) is 0 Å². The van der Waals surface area contributed by atoms with Crippen LogP contribution in [0.25, 0.3) is 0 Å². The highest BCUT2D eigenvalue weighted by Crippen LogP contribution is 2.20. The molecular formula is C17H26N2O2. The van der Waals surface area contributed by atoms with Gasteiger partial charge in [-0.3, -0.25) is 9.69 Å². The molecule has 1 fully saturated rings. The minimum Gasteiger partial charge on any atom is -0.493 e. The maximum absolute atomic E-state index is 12.5. The number of likely N-dealkylation sites (tertiary alicyclic amines) is 1. The molecule has 1 heterocycles. The molecule has 0 N–H and O–H groups in total. The predicted octanol–water partition coefficient (Wildman–Crippen LogP) is 2.29. The van der Waals surface area contributed by atoms with Gasteiger partial charge in [0.2, 0.25) is 0 Å². The summed E-state index contributed by atoms with van der Waals surface area (Å²) >= 11 is 0. The lowest BCUT2D eigenvalue weighted by molar-refractivity contribution is 0.0849. The average molecular weight is 290 g/mol. The molecule has 1 aromatic rings. The number of carbonyl (C=O) groups excluding carboxylic acids is 1. The van der Waals surface area contributed by atoms with Crippen molar-refractivity contribution in [2.24, 2.45) is 0 Å². The van der Waals surface area contributed by atoms with Crippen molar-refractivity contribution in [3.05, 3.63) is 29.8 Å². The van der Waals surface area contributed by atoms with Crippen LogP contribution in [0, 0.1) is 0 Å². The molecule has 116 valence electrons. The van der Waals surface area contributed by atoms with Gasteiger partial charge >= 0.3 is 0 Å². The Balaban J connectivity index is 2.01. The van der Waals surface area contributed by atoms with Gasteiger partial charge in [-0.15, -0.1) is 0 Å². The Morgan fingerprint density at radius 2 is 2.14 bits per heavy atom. The molecule has 0 amide bonds. The van der Waals surface area contributed by atoms with Gasteiger partial charge in [-0.2, -0.15) is 0 Å². The summed E-state index contributed by atoms with van der Waals surface area (Å²) in [5.41, 5.74) is 0.700. The van der Waals surface area contributed by atoms with Crippen molar-refractivity contribution >= 4 is 5.78 Å². The Morgan fingerprint density at radius 1 is 1.38 bits per heavy atom. The first-order valence-corrected chi connectivity index (χ1v) is 7.75. The molecule has 1 aliphatic rings. The molecule has 0 aliphatic carbocycles. The predicted molar refractivity (Wildman–Crippen MR) is 85.1 cm³/mol. The number of likely N-dealkylation sites (N-methyl/N-ethyl adjacent to an activating group) is 1. The maximum atomic E-state index is 12.5. The third-order valence-corrected chi connectivity index (χ3v) is 4.07. The number of benzene rings is 1. The second kappa shape index (κ2) is 7.57. The molecule has 1 atom stereocenters. The molecule has 0 saturated carbocycles. The van der Waals surface area contributed by atoms with E-state index in [1.165, 1.54) is 6.42 Å². The van der Waals surface area contributed by atoms with Crippen LogP contribution in [0.15, 0.2) is 24.3 Å². The quantitative estimate of drug-likeness (QED) is 0.753. The summed E-state index contributed by atoms with van der Waals surface area (Å²) in [6.45, 7) is 4.97. The monoisotopic (exact) mass is 290 g/mol. The molecule has 4 heteroatoms. The minimum atomic E-state index is 0.151. The normalized spacial score (nSPS) is 19.7. The van der Waals surface area contributed by atoms with Crippen molar-refractivity contribution in [3.63, 3.8) is 0 Å². The molecule has 0 radical (unpaired) electrons. The van der Waals surface area contributed by atoms with Crippen molar-refractivity contribution in [2.45, 2.75) is 25.8 Å². The summed E-state index contributed by atoms with van der Waals surface area (Å²) in [6, 6.07) is 8.09. The molecule has 0 aromatic heterocycles. The van der Waals surface area contributed by atoms with Gasteiger partial charge in [-0.05, 0) is 52.5 Å². The largest absolute Gasteiger partial charge is 0.493 e. The van der Waals surface area contributed by atoms with Crippen molar-refractivity contribution in [2.75, 3.05) is 40.3 Å². The Bertz CT molecular complexity index is 474. The lowest BCUT2D eigenvalue weighted by Gasteiger charge is -2.35. The van der Waals surface area contributed by atoms with Gasteiger partial charge in [-0.1, -0.05) is 12.1 Å². The highest BCUT2D eigenvalue weighted by molar-refractivity contribution is 6.00. The van der Waals surface area contributed by atoms with Crippen molar-refractivity contribution in [1.29, 1.82) is 0 Å². The summed E-state index contributed by atoms with van der Waals surface area (Å²) in [6.07, 6.45) is 2.37. The second-order valence-electron chi connectivity index (χ2n) is 5.85. The van der Waals surface area contributed by atoms with Crippen molar-refractivity contribution < 1.29 is 9.53 Å². The van der Waals surface area contributed by atoms with E-state index >= 15 is 0 Å². The third kappa shape index (κ3) is 4.29. The molecule has 1 aliphatic heterocycles. The highest BCUT2D eigenvalue weighted by Gasteiger charge is 2.24. The van der Waals surface area contributed by atoms with Crippen LogP contribution < -0.4 is 4.74 Å². The zero-order valence-corrected chi connectivity index (χ0v) is 13.3. The molecule has 0 bridgehead atoms. The van der Waals surface area contributed by atoms with E-state index in [1.807, 2.05) is 31.2 Å². The number of ether oxygens (including phenoxy) is 1. The van der Waals surface area contributed by atoms with E-state index in [2.05, 4.69) is 23.9 Å². The lowest BCUT2D eigenvalue weighted by Crippen LogP contribution is -2.46. The number of hydrogen-bond donors (Lipinski definition) is 0. The number of ketones is 1. The first-order valence-electron chi connectivity index (χ1n) is 7.75. The number of nitrogens with zero attached hydrogens (tertiary/aromatic N) is 2. The number of Topliss-reactive ketones (excluding diaryl/α,β-unsaturated/α-hetero) is 1. The molecule has 1 unspecified atom stereocenters. The molecule has 1 aromatic carbocycles. The highest BCUT2D eigenvalue weighted by atomic mass is 16.5. The van der Waals surface area contributed by atoms with Crippen LogP contribution in [-0.2, 0) is 0 Å². The van der Waals surface area contributed by atoms with Gasteiger partial charge in [0, 0.05) is 12.6 Å². The Labute approximate surface area is 127 Å². The molecule has 4 nitrogen and oxygen atoms in total. The van der Waals surface area contributed by atoms with Gasteiger partial charge in [0.05, 0.1) is 18.7 Å². The fourth-order valence-electron chi connectivity index (χ4n) is 2.86. The van der Waals surface area contributed by atoms with Gasteiger partial charge in [-0.25, -0.2) is 0 Å². The topological polar surface area (TPSA) is 32.8 Å². The average Bonchev–Trinajstić information content (AvgIpc) is 2.48. The van der Waals surface area contributed by atoms with Crippen LogP contribution in [0.5, 0.6) is 5.75 Å². The fraction of sp³-hybridized carbons (Fsp3) is 0.588. The zero-order valence-electron chi connectivity index (χ0n) is 13.3. The molecule has 1 saturated heterocycles. The number of hydrogen-bond acceptors (Lipinski definition) is 4. The van der Waals surface area contributed by atoms with Gasteiger partial charge in [0.1, 0.15) is 5.75 Å². The van der Waals surface area contributed by atoms with Crippen LogP contribution in [0.1, 0.15) is 30.1 Å². The van der Waals surface area contributed by atoms with E-state index in [0.29, 0.717) is 30.5 Å². The molecule has 2 rings (SSSR count). The van der Waals surface area contributed by atoms with Gasteiger partial charge < -0.3 is 9.64 Å². The molecule has 21 heavy (non-hydrogen) atoms. The summed E-state index contributed by atoms with van der Waals surface area (Å²) in [5, 5.41) is 0. The van der Waals surface area contributed by atoms with E-state index in [9.17, 15) is 4.79 Å². The van der Waals surface area contributed by atoms with Crippen LogP contribution >= 0.6 is 0 Å². The van der Waals surface area contributed by atoms with E-state index in [0.717, 1.165) is 19.5 Å². The Hall–Kier alpha value is -1.39. The van der Waals surface area contributed by atoms with E-state index in [1.54, 1.807) is 0 Å².